The lowest BCUT2D eigenvalue weighted by molar-refractivity contribution is -0.130. The van der Waals surface area contributed by atoms with Crippen LogP contribution in [0, 0.1) is 5.92 Å². The van der Waals surface area contributed by atoms with Gasteiger partial charge in [0.1, 0.15) is 5.78 Å². The third-order valence-electron chi connectivity index (χ3n) is 7.28. The van der Waals surface area contributed by atoms with Gasteiger partial charge in [-0.15, -0.1) is 11.3 Å². The smallest absolute Gasteiger partial charge is 0.224 e. The lowest BCUT2D eigenvalue weighted by Crippen LogP contribution is -2.42. The first-order valence-corrected chi connectivity index (χ1v) is 15.8. The van der Waals surface area contributed by atoms with Crippen LogP contribution in [0.2, 0.25) is 5.02 Å². The highest BCUT2D eigenvalue weighted by molar-refractivity contribution is 7.18. The lowest BCUT2D eigenvalue weighted by atomic mass is 9.94. The monoisotopic (exact) mass is 595 g/mol. The first-order valence-electron chi connectivity index (χ1n) is 14.6. The van der Waals surface area contributed by atoms with E-state index in [4.69, 9.17) is 16.6 Å². The van der Waals surface area contributed by atoms with Gasteiger partial charge in [-0.05, 0) is 56.1 Å². The Bertz CT molecular complexity index is 1320. The van der Waals surface area contributed by atoms with E-state index in [0.717, 1.165) is 40.3 Å². The number of nitrogens with zero attached hydrogens (tertiary/aromatic N) is 2. The minimum absolute atomic E-state index is 0.0204. The summed E-state index contributed by atoms with van der Waals surface area (Å²) in [7, 11) is 0. The first-order chi connectivity index (χ1) is 19.7. The molecule has 0 radical (unpaired) electrons. The zero-order chi connectivity index (χ0) is 29.8. The molecule has 3 aromatic rings. The van der Waals surface area contributed by atoms with Crippen molar-refractivity contribution in [3.05, 3.63) is 76.3 Å². The topological polar surface area (TPSA) is 79.4 Å². The van der Waals surface area contributed by atoms with Crippen molar-refractivity contribution in [2.24, 2.45) is 5.92 Å². The maximum atomic E-state index is 13.7. The minimum atomic E-state index is -0.545. The number of carbonyl (C=O) groups is 3. The van der Waals surface area contributed by atoms with Crippen LogP contribution < -0.4 is 5.32 Å². The van der Waals surface area contributed by atoms with Crippen LogP contribution in [-0.2, 0) is 27.2 Å². The quantitative estimate of drug-likeness (QED) is 0.163. The Morgan fingerprint density at radius 2 is 1.76 bits per heavy atom. The van der Waals surface area contributed by atoms with E-state index in [1.54, 1.807) is 6.07 Å². The summed E-state index contributed by atoms with van der Waals surface area (Å²) in [6, 6.07) is 15.2. The number of halogens is 1. The number of ketones is 2. The number of Topliss-reactive ketones (excluding diaryl/α,β-unsaturated/α-hetero) is 2. The van der Waals surface area contributed by atoms with Gasteiger partial charge in [-0.2, -0.15) is 0 Å². The summed E-state index contributed by atoms with van der Waals surface area (Å²) in [5, 5.41) is 4.64. The molecule has 0 aliphatic heterocycles. The molecule has 1 amide bonds. The van der Waals surface area contributed by atoms with Crippen molar-refractivity contribution in [3.8, 4) is 0 Å². The molecule has 0 saturated heterocycles. The van der Waals surface area contributed by atoms with Gasteiger partial charge in [-0.25, -0.2) is 4.98 Å². The summed E-state index contributed by atoms with van der Waals surface area (Å²) in [4.78, 5) is 46.3. The van der Waals surface area contributed by atoms with Crippen molar-refractivity contribution in [2.45, 2.75) is 71.8 Å². The molecular formula is C33H42ClN3O3S. The molecule has 0 bridgehead atoms. The Labute approximate surface area is 253 Å². The number of fused-ring (bicyclic) bond motifs is 1. The third kappa shape index (κ3) is 10.5. The van der Waals surface area contributed by atoms with E-state index in [1.807, 2.05) is 49.4 Å². The fourth-order valence-electron chi connectivity index (χ4n) is 4.89. The molecule has 220 valence electrons. The Morgan fingerprint density at radius 1 is 1.02 bits per heavy atom. The number of amides is 1. The van der Waals surface area contributed by atoms with Crippen LogP contribution in [0.3, 0.4) is 0 Å². The molecule has 1 heterocycles. The zero-order valence-corrected chi connectivity index (χ0v) is 26.0. The Balaban J connectivity index is 1.76. The minimum Gasteiger partial charge on any atom is -0.353 e. The maximum Gasteiger partial charge on any atom is 0.224 e. The Morgan fingerprint density at radius 3 is 2.44 bits per heavy atom. The molecule has 8 heteroatoms. The molecule has 0 aliphatic rings. The number of hydrogen-bond acceptors (Lipinski definition) is 6. The van der Waals surface area contributed by atoms with E-state index in [9.17, 15) is 14.4 Å². The molecule has 6 nitrogen and oxygen atoms in total. The number of carbonyl (C=O) groups excluding carboxylic acids is 3. The summed E-state index contributed by atoms with van der Waals surface area (Å²) in [6.07, 6.45) is 3.10. The molecular weight excluding hydrogens is 554 g/mol. The molecule has 0 fully saturated rings. The highest BCUT2D eigenvalue weighted by Gasteiger charge is 2.26. The van der Waals surface area contributed by atoms with Crippen LogP contribution in [0.1, 0.15) is 63.4 Å². The van der Waals surface area contributed by atoms with Gasteiger partial charge in [0.15, 0.2) is 5.78 Å². The van der Waals surface area contributed by atoms with Crippen molar-refractivity contribution >= 4 is 50.6 Å². The van der Waals surface area contributed by atoms with Gasteiger partial charge < -0.3 is 5.32 Å². The van der Waals surface area contributed by atoms with Crippen LogP contribution in [0.4, 0.5) is 0 Å². The zero-order valence-electron chi connectivity index (χ0n) is 24.5. The standard InChI is InChI=1S/C33H42ClN3O3S/c1-5-11-28(38)19-25(20-32-36-29-16-14-26(34)21-31(29)41-32)33(40)35-27(18-24-12-9-8-10-13-24)15-17-30(39)23(4)22-37(6-2)7-3/h8-10,12-14,16,21,25,27H,4-7,11,15,17-20,22H2,1-3H3,(H,35,40)/t25-,27+/m0/s1. The molecule has 3 rings (SSSR count). The van der Waals surface area contributed by atoms with Crippen molar-refractivity contribution in [1.82, 2.24) is 15.2 Å². The summed E-state index contributed by atoms with van der Waals surface area (Å²) in [5.41, 5.74) is 2.50. The number of aromatic nitrogens is 1. The van der Waals surface area contributed by atoms with Gasteiger partial charge in [-0.1, -0.05) is 69.3 Å². The van der Waals surface area contributed by atoms with Gasteiger partial charge in [0.2, 0.25) is 5.91 Å². The van der Waals surface area contributed by atoms with Gasteiger partial charge in [-0.3, -0.25) is 19.3 Å². The van der Waals surface area contributed by atoms with E-state index >= 15 is 0 Å². The predicted octanol–water partition coefficient (Wildman–Crippen LogP) is 6.84. The Kier molecular flexibility index (Phi) is 13.2. The fourth-order valence-corrected chi connectivity index (χ4v) is 6.21. The third-order valence-corrected chi connectivity index (χ3v) is 8.56. The molecule has 2 atom stereocenters. The highest BCUT2D eigenvalue weighted by Crippen LogP contribution is 2.28. The second-order valence-corrected chi connectivity index (χ2v) is 12.1. The van der Waals surface area contributed by atoms with Crippen LogP contribution in [-0.4, -0.2) is 53.0 Å². The highest BCUT2D eigenvalue weighted by atomic mass is 35.5. The van der Waals surface area contributed by atoms with E-state index in [2.05, 4.69) is 30.6 Å². The van der Waals surface area contributed by atoms with Crippen molar-refractivity contribution in [3.63, 3.8) is 0 Å². The van der Waals surface area contributed by atoms with Gasteiger partial charge >= 0.3 is 0 Å². The number of thiazole rings is 1. The first kappa shape index (κ1) is 32.6. The molecule has 2 aromatic carbocycles. The number of nitrogens with one attached hydrogen (secondary N) is 1. The van der Waals surface area contributed by atoms with Crippen molar-refractivity contribution < 1.29 is 14.4 Å². The predicted molar refractivity (Wildman–Crippen MR) is 170 cm³/mol. The molecule has 0 saturated carbocycles. The van der Waals surface area contributed by atoms with E-state index in [0.29, 0.717) is 49.2 Å². The second kappa shape index (κ2) is 16.5. The van der Waals surface area contributed by atoms with Gasteiger partial charge in [0.05, 0.1) is 21.1 Å². The van der Waals surface area contributed by atoms with Crippen molar-refractivity contribution in [2.75, 3.05) is 19.6 Å². The number of benzene rings is 2. The molecule has 1 N–H and O–H groups in total. The summed E-state index contributed by atoms with van der Waals surface area (Å²) >= 11 is 7.66. The average molecular weight is 596 g/mol. The SMILES string of the molecule is C=C(CN(CC)CC)C(=O)CC[C@H](Cc1ccccc1)NC(=O)[C@@H](CC(=O)CCC)Cc1nc2ccc(Cl)cc2s1. The van der Waals surface area contributed by atoms with Crippen LogP contribution in [0.5, 0.6) is 0 Å². The molecule has 41 heavy (non-hydrogen) atoms. The van der Waals surface area contributed by atoms with Crippen LogP contribution >= 0.6 is 22.9 Å². The van der Waals surface area contributed by atoms with Crippen LogP contribution in [0.15, 0.2) is 60.7 Å². The molecule has 0 spiro atoms. The maximum absolute atomic E-state index is 13.7. The summed E-state index contributed by atoms with van der Waals surface area (Å²) in [6.45, 7) is 12.4. The van der Waals surface area contributed by atoms with E-state index in [-0.39, 0.29) is 29.9 Å². The normalized spacial score (nSPS) is 12.8. The van der Waals surface area contributed by atoms with Gasteiger partial charge in [0.25, 0.3) is 0 Å². The van der Waals surface area contributed by atoms with Crippen LogP contribution in [0.25, 0.3) is 10.2 Å². The number of rotatable bonds is 18. The second-order valence-electron chi connectivity index (χ2n) is 10.5. The summed E-state index contributed by atoms with van der Waals surface area (Å²) in [5.74, 6) is -0.634. The Hall–Kier alpha value is -2.87. The number of hydrogen-bond donors (Lipinski definition) is 1. The fraction of sp³-hybridized carbons (Fsp3) is 0.455. The van der Waals surface area contributed by atoms with E-state index in [1.165, 1.54) is 11.3 Å². The lowest BCUT2D eigenvalue weighted by Gasteiger charge is -2.23. The molecule has 0 aliphatic carbocycles. The molecule has 1 aromatic heterocycles. The number of likely N-dealkylation sites (N-methyl/N-ethyl adjacent to an activating group) is 1. The van der Waals surface area contributed by atoms with E-state index < -0.39 is 5.92 Å². The van der Waals surface area contributed by atoms with Gasteiger partial charge in [0, 0.05) is 48.9 Å². The summed E-state index contributed by atoms with van der Waals surface area (Å²) < 4.78 is 0.956. The van der Waals surface area contributed by atoms with Crippen molar-refractivity contribution in [1.29, 1.82) is 0 Å². The largest absolute Gasteiger partial charge is 0.353 e. The molecule has 0 unspecified atom stereocenters. The average Bonchev–Trinajstić information content (AvgIpc) is 3.35.